The molecule has 7 heteroatoms. The highest BCUT2D eigenvalue weighted by Gasteiger charge is 2.22. The summed E-state index contributed by atoms with van der Waals surface area (Å²) in [5, 5.41) is 0. The zero-order valence-electron chi connectivity index (χ0n) is 10.9. The Morgan fingerprint density at radius 3 is 2.85 bits per heavy atom. The lowest BCUT2D eigenvalue weighted by molar-refractivity contribution is -0.125. The Hall–Kier alpha value is -1.95. The largest absolute Gasteiger partial charge is 0.489 e. The van der Waals surface area contributed by atoms with E-state index in [-0.39, 0.29) is 11.6 Å². The molecule has 0 saturated carbocycles. The van der Waals surface area contributed by atoms with Gasteiger partial charge in [0, 0.05) is 13.5 Å². The summed E-state index contributed by atoms with van der Waals surface area (Å²) >= 11 is 5.39. The highest BCUT2D eigenvalue weighted by Crippen LogP contribution is 2.38. The number of para-hydroxylation sites is 1. The lowest BCUT2D eigenvalue weighted by atomic mass is 10.3. The molecule has 2 amide bonds. The summed E-state index contributed by atoms with van der Waals surface area (Å²) in [4.78, 5) is 23.9. The van der Waals surface area contributed by atoms with Gasteiger partial charge < -0.3 is 14.2 Å². The minimum absolute atomic E-state index is 0.212. The van der Waals surface area contributed by atoms with Crippen LogP contribution in [0.3, 0.4) is 0 Å². The van der Waals surface area contributed by atoms with Crippen molar-refractivity contribution in [1.29, 1.82) is 0 Å². The van der Waals surface area contributed by atoms with Gasteiger partial charge in [0.15, 0.2) is 11.5 Å². The summed E-state index contributed by atoms with van der Waals surface area (Å²) in [5.74, 6) is 0.252. The van der Waals surface area contributed by atoms with Gasteiger partial charge in [-0.25, -0.2) is 9.69 Å². The van der Waals surface area contributed by atoms with E-state index in [1.165, 1.54) is 7.05 Å². The summed E-state index contributed by atoms with van der Waals surface area (Å²) in [7, 11) is 1.30. The second-order valence-corrected chi connectivity index (χ2v) is 4.36. The van der Waals surface area contributed by atoms with Crippen molar-refractivity contribution in [2.75, 3.05) is 26.1 Å². The van der Waals surface area contributed by atoms with Crippen molar-refractivity contribution in [3.8, 4) is 17.2 Å². The number of carbonyl (C=O) groups is 2. The van der Waals surface area contributed by atoms with Gasteiger partial charge in [0.05, 0.1) is 13.2 Å². The van der Waals surface area contributed by atoms with Crippen molar-refractivity contribution in [3.63, 3.8) is 0 Å². The Labute approximate surface area is 121 Å². The predicted octanol–water partition coefficient (Wildman–Crippen LogP) is 2.04. The first kappa shape index (κ1) is 14.5. The van der Waals surface area contributed by atoms with Crippen LogP contribution in [0.4, 0.5) is 4.79 Å². The average Bonchev–Trinajstić information content (AvgIpc) is 2.71. The molecule has 1 heterocycles. The van der Waals surface area contributed by atoms with Crippen molar-refractivity contribution in [3.05, 3.63) is 18.2 Å². The minimum atomic E-state index is -0.822. The van der Waals surface area contributed by atoms with Gasteiger partial charge in [0.2, 0.25) is 11.7 Å². The van der Waals surface area contributed by atoms with Gasteiger partial charge in [-0.2, -0.15) is 0 Å². The zero-order valence-corrected chi connectivity index (χ0v) is 11.7. The Morgan fingerprint density at radius 1 is 1.35 bits per heavy atom. The highest BCUT2D eigenvalue weighted by molar-refractivity contribution is 6.28. The fraction of sp³-hybridized carbons (Fsp3) is 0.385. The molecular weight excluding hydrogens is 286 g/mol. The van der Waals surface area contributed by atoms with Gasteiger partial charge in [-0.3, -0.25) is 4.79 Å². The summed E-state index contributed by atoms with van der Waals surface area (Å²) in [6.07, 6.45) is -0.0796. The smallest absolute Gasteiger partial charge is 0.421 e. The molecule has 1 aromatic carbocycles. The molecule has 0 aromatic heterocycles. The number of hydrogen-bond donors (Lipinski definition) is 0. The quantitative estimate of drug-likeness (QED) is 0.782. The molecule has 0 unspecified atom stereocenters. The average molecular weight is 300 g/mol. The van der Waals surface area contributed by atoms with Crippen molar-refractivity contribution in [1.82, 2.24) is 4.90 Å². The van der Waals surface area contributed by atoms with E-state index in [4.69, 9.17) is 25.8 Å². The van der Waals surface area contributed by atoms with E-state index in [1.54, 1.807) is 18.2 Å². The van der Waals surface area contributed by atoms with Gasteiger partial charge in [-0.1, -0.05) is 6.07 Å². The molecule has 0 bridgehead atoms. The zero-order chi connectivity index (χ0) is 14.5. The van der Waals surface area contributed by atoms with Crippen LogP contribution in [0.5, 0.6) is 17.2 Å². The fourth-order valence-corrected chi connectivity index (χ4v) is 1.78. The van der Waals surface area contributed by atoms with Gasteiger partial charge >= 0.3 is 6.09 Å². The van der Waals surface area contributed by atoms with Crippen LogP contribution >= 0.6 is 11.6 Å². The normalized spacial score (nSPS) is 13.3. The third-order valence-electron chi connectivity index (χ3n) is 2.69. The molecule has 0 N–H and O–H groups in total. The third-order valence-corrected chi connectivity index (χ3v) is 2.92. The number of halogens is 1. The number of rotatable bonds is 2. The molecule has 1 aliphatic heterocycles. The summed E-state index contributed by atoms with van der Waals surface area (Å²) in [6, 6.07) is 4.98. The first-order valence-electron chi connectivity index (χ1n) is 6.06. The number of benzene rings is 1. The summed E-state index contributed by atoms with van der Waals surface area (Å²) in [5.41, 5.74) is 0. The Morgan fingerprint density at radius 2 is 2.10 bits per heavy atom. The van der Waals surface area contributed by atoms with E-state index in [2.05, 4.69) is 0 Å². The first-order valence-corrected chi connectivity index (χ1v) is 6.60. The molecule has 0 radical (unpaired) electrons. The maximum Gasteiger partial charge on any atom is 0.421 e. The van der Waals surface area contributed by atoms with Gasteiger partial charge in [-0.05, 0) is 12.1 Å². The molecule has 1 aliphatic rings. The highest BCUT2D eigenvalue weighted by atomic mass is 35.5. The maximum atomic E-state index is 11.8. The van der Waals surface area contributed by atoms with Crippen LogP contribution < -0.4 is 14.2 Å². The number of fused-ring (bicyclic) bond motifs is 1. The number of carbonyl (C=O) groups excluding carboxylic acids is 2. The van der Waals surface area contributed by atoms with Crippen LogP contribution in [0.25, 0.3) is 0 Å². The second-order valence-electron chi connectivity index (χ2n) is 4.09. The number of alkyl halides is 1. The standard InChI is InChI=1S/C13H14ClNO5/c1-15(11(16)8-14)13(17)20-10-5-2-4-9-12(10)19-7-3-6-18-9/h2,4-5H,3,6-8H2,1H3. The maximum absolute atomic E-state index is 11.8. The molecular formula is C13H14ClNO5. The van der Waals surface area contributed by atoms with Crippen molar-refractivity contribution in [2.45, 2.75) is 6.42 Å². The van der Waals surface area contributed by atoms with E-state index in [0.717, 1.165) is 11.3 Å². The summed E-state index contributed by atoms with van der Waals surface area (Å²) < 4.78 is 16.2. The van der Waals surface area contributed by atoms with E-state index in [0.29, 0.717) is 24.7 Å². The molecule has 6 nitrogen and oxygen atoms in total. The molecule has 1 aromatic rings. The van der Waals surface area contributed by atoms with E-state index in [9.17, 15) is 9.59 Å². The van der Waals surface area contributed by atoms with E-state index in [1.807, 2.05) is 0 Å². The Balaban J connectivity index is 2.17. The molecule has 2 rings (SSSR count). The van der Waals surface area contributed by atoms with Gasteiger partial charge in [0.1, 0.15) is 5.88 Å². The minimum Gasteiger partial charge on any atom is -0.489 e. The van der Waals surface area contributed by atoms with E-state index >= 15 is 0 Å². The lowest BCUT2D eigenvalue weighted by Gasteiger charge is -2.16. The van der Waals surface area contributed by atoms with Crippen molar-refractivity contribution < 1.29 is 23.8 Å². The number of nitrogens with zero attached hydrogens (tertiary/aromatic N) is 1. The molecule has 0 saturated heterocycles. The fourth-order valence-electron chi connectivity index (χ4n) is 1.60. The monoisotopic (exact) mass is 299 g/mol. The molecule has 20 heavy (non-hydrogen) atoms. The van der Waals surface area contributed by atoms with Crippen LogP contribution in [-0.2, 0) is 4.79 Å². The van der Waals surface area contributed by atoms with Crippen LogP contribution in [0, 0.1) is 0 Å². The van der Waals surface area contributed by atoms with Crippen LogP contribution in [-0.4, -0.2) is 43.0 Å². The SMILES string of the molecule is CN(C(=O)CCl)C(=O)Oc1cccc2c1OCCCO2. The number of ether oxygens (including phenoxy) is 3. The molecule has 0 aliphatic carbocycles. The van der Waals surface area contributed by atoms with E-state index < -0.39 is 12.0 Å². The molecule has 108 valence electrons. The Kier molecular flexibility index (Phi) is 4.68. The van der Waals surface area contributed by atoms with Crippen molar-refractivity contribution in [2.24, 2.45) is 0 Å². The number of imide groups is 1. The molecule has 0 fully saturated rings. The Bertz CT molecular complexity index is 519. The van der Waals surface area contributed by atoms with Crippen LogP contribution in [0.2, 0.25) is 0 Å². The first-order chi connectivity index (χ1) is 9.63. The topological polar surface area (TPSA) is 65.1 Å². The van der Waals surface area contributed by atoms with Gasteiger partial charge in [0.25, 0.3) is 0 Å². The van der Waals surface area contributed by atoms with Crippen LogP contribution in [0.15, 0.2) is 18.2 Å². The number of amides is 2. The molecule has 0 spiro atoms. The van der Waals surface area contributed by atoms with Crippen LogP contribution in [0.1, 0.15) is 6.42 Å². The summed E-state index contributed by atoms with van der Waals surface area (Å²) in [6.45, 7) is 1.01. The van der Waals surface area contributed by atoms with Gasteiger partial charge in [-0.15, -0.1) is 11.6 Å². The predicted molar refractivity (Wildman–Crippen MR) is 71.6 cm³/mol. The number of hydrogen-bond acceptors (Lipinski definition) is 5. The third kappa shape index (κ3) is 3.14. The lowest BCUT2D eigenvalue weighted by Crippen LogP contribution is -2.36. The second kappa shape index (κ2) is 6.47. The molecule has 0 atom stereocenters. The van der Waals surface area contributed by atoms with Crippen molar-refractivity contribution >= 4 is 23.6 Å².